The van der Waals surface area contributed by atoms with Crippen LogP contribution in [0.3, 0.4) is 0 Å². The minimum Gasteiger partial charge on any atom is -1.00 e. The molecule has 0 spiro atoms. The van der Waals surface area contributed by atoms with Crippen LogP contribution in [0.15, 0.2) is 0 Å². The van der Waals surface area contributed by atoms with Gasteiger partial charge in [-0.2, -0.15) is 0 Å². The van der Waals surface area contributed by atoms with Crippen LogP contribution in [0.25, 0.3) is 0 Å². The van der Waals surface area contributed by atoms with E-state index < -0.39 is 0 Å². The van der Waals surface area contributed by atoms with Gasteiger partial charge in [-0.25, -0.2) is 4.98 Å². The van der Waals surface area contributed by atoms with Crippen LogP contribution >= 0.6 is 11.3 Å². The Hall–Kier alpha value is -0.750. The van der Waals surface area contributed by atoms with Crippen LogP contribution in [0.1, 0.15) is 29.2 Å². The van der Waals surface area contributed by atoms with Crippen molar-refractivity contribution in [2.45, 2.75) is 20.8 Å². The van der Waals surface area contributed by atoms with Crippen molar-refractivity contribution < 1.29 is 26.6 Å². The summed E-state index contributed by atoms with van der Waals surface area (Å²) in [5.74, 6) is -0.199. The number of hydrogen-bond acceptors (Lipinski definition) is 4. The van der Waals surface area contributed by atoms with Crippen molar-refractivity contribution in [3.05, 3.63) is 10.6 Å². The number of hydrogen-bond donors (Lipinski definition) is 1. The average molecular weight is 278 g/mol. The maximum absolute atomic E-state index is 11.0. The lowest BCUT2D eigenvalue weighted by Crippen LogP contribution is -3.00. The third-order valence-corrected chi connectivity index (χ3v) is 2.57. The number of carbonyl (C=O) groups is 2. The van der Waals surface area contributed by atoms with Gasteiger partial charge in [0.15, 0.2) is 10.9 Å². The first-order valence-electron chi connectivity index (χ1n) is 3.76. The van der Waals surface area contributed by atoms with E-state index in [1.807, 2.05) is 0 Å². The first-order valence-corrected chi connectivity index (χ1v) is 4.58. The minimum atomic E-state index is -0.177. The molecule has 14 heavy (non-hydrogen) atoms. The zero-order valence-corrected chi connectivity index (χ0v) is 10.5. The summed E-state index contributed by atoms with van der Waals surface area (Å²) in [5, 5.41) is 3.02. The van der Waals surface area contributed by atoms with E-state index in [0.717, 1.165) is 0 Å². The molecule has 1 aromatic rings. The molecule has 0 atom stereocenters. The van der Waals surface area contributed by atoms with Crippen LogP contribution in [0.4, 0.5) is 5.13 Å². The van der Waals surface area contributed by atoms with E-state index in [1.165, 1.54) is 25.2 Å². The van der Waals surface area contributed by atoms with Gasteiger partial charge in [0.1, 0.15) is 0 Å². The summed E-state index contributed by atoms with van der Waals surface area (Å²) in [5.41, 5.74) is 0.668. The lowest BCUT2D eigenvalue weighted by Gasteiger charge is -1.91. The maximum atomic E-state index is 11.0. The van der Waals surface area contributed by atoms with Crippen molar-refractivity contribution in [3.63, 3.8) is 0 Å². The second kappa shape index (κ2) is 5.21. The Balaban J connectivity index is 0.00000169. The number of nitrogens with one attached hydrogen (secondary N) is 1. The van der Waals surface area contributed by atoms with Crippen molar-refractivity contribution in [3.8, 4) is 0 Å². The number of aryl methyl sites for hydroxylation is 1. The van der Waals surface area contributed by atoms with Crippen LogP contribution in [0, 0.1) is 6.92 Å². The average Bonchev–Trinajstić information content (AvgIpc) is 2.29. The number of Topliss-reactive ketones (excluding diaryl/α,β-unsaturated/α-hetero) is 1. The second-order valence-corrected chi connectivity index (χ2v) is 3.67. The number of anilines is 1. The Kier molecular flexibility index (Phi) is 4.93. The van der Waals surface area contributed by atoms with Gasteiger partial charge < -0.3 is 22.3 Å². The fraction of sp³-hybridized carbons (Fsp3) is 0.375. The Morgan fingerprint density at radius 2 is 1.93 bits per heavy atom. The minimum absolute atomic E-state index is 0. The van der Waals surface area contributed by atoms with Gasteiger partial charge in [-0.15, -0.1) is 0 Å². The molecule has 1 amide bonds. The first-order chi connectivity index (χ1) is 6.00. The maximum Gasteiger partial charge on any atom is 0.223 e. The SMILES string of the molecule is CC(=O)Nc1nc(C)c(C(C)=O)s1.[Br-]. The molecule has 0 saturated heterocycles. The van der Waals surface area contributed by atoms with Crippen LogP contribution in [-0.2, 0) is 4.79 Å². The summed E-state index contributed by atoms with van der Waals surface area (Å²) < 4.78 is 0. The van der Waals surface area contributed by atoms with Gasteiger partial charge in [-0.1, -0.05) is 11.3 Å². The van der Waals surface area contributed by atoms with Crippen molar-refractivity contribution in [2.24, 2.45) is 0 Å². The molecule has 4 nitrogen and oxygen atoms in total. The smallest absolute Gasteiger partial charge is 0.223 e. The number of nitrogens with zero attached hydrogens (tertiary/aromatic N) is 1. The Morgan fingerprint density at radius 1 is 1.36 bits per heavy atom. The number of rotatable bonds is 2. The molecule has 1 heterocycles. The molecule has 0 radical (unpaired) electrons. The zero-order valence-electron chi connectivity index (χ0n) is 8.05. The molecular formula is C8H10BrN2O2S-. The lowest BCUT2D eigenvalue weighted by molar-refractivity contribution is -0.114. The molecule has 1 aromatic heterocycles. The van der Waals surface area contributed by atoms with Crippen LogP contribution < -0.4 is 22.3 Å². The number of aromatic nitrogens is 1. The normalized spacial score (nSPS) is 9.07. The number of halogens is 1. The summed E-state index contributed by atoms with van der Waals surface area (Å²) in [7, 11) is 0. The predicted molar refractivity (Wildman–Crippen MR) is 51.2 cm³/mol. The topological polar surface area (TPSA) is 59.1 Å². The number of thiazole rings is 1. The molecule has 0 fully saturated rings. The summed E-state index contributed by atoms with van der Waals surface area (Å²) in [6.07, 6.45) is 0. The predicted octanol–water partition coefficient (Wildman–Crippen LogP) is -1.38. The summed E-state index contributed by atoms with van der Waals surface area (Å²) in [6.45, 7) is 4.64. The quantitative estimate of drug-likeness (QED) is 0.678. The molecule has 0 aliphatic carbocycles. The molecule has 0 unspecified atom stereocenters. The highest BCUT2D eigenvalue weighted by Gasteiger charge is 2.11. The molecule has 78 valence electrons. The molecular weight excluding hydrogens is 268 g/mol. The highest BCUT2D eigenvalue weighted by molar-refractivity contribution is 7.17. The fourth-order valence-corrected chi connectivity index (χ4v) is 1.83. The van der Waals surface area contributed by atoms with Gasteiger partial charge in [0, 0.05) is 13.8 Å². The molecule has 1 rings (SSSR count). The first kappa shape index (κ1) is 13.2. The number of carbonyl (C=O) groups excluding carboxylic acids is 2. The van der Waals surface area contributed by atoms with E-state index in [-0.39, 0.29) is 28.7 Å². The van der Waals surface area contributed by atoms with E-state index in [4.69, 9.17) is 0 Å². The van der Waals surface area contributed by atoms with E-state index in [2.05, 4.69) is 10.3 Å². The van der Waals surface area contributed by atoms with Gasteiger partial charge in [-0.3, -0.25) is 9.59 Å². The van der Waals surface area contributed by atoms with Crippen molar-refractivity contribution in [1.29, 1.82) is 0 Å². The van der Waals surface area contributed by atoms with Crippen LogP contribution in [0.2, 0.25) is 0 Å². The molecule has 0 saturated carbocycles. The second-order valence-electron chi connectivity index (χ2n) is 2.67. The summed E-state index contributed by atoms with van der Waals surface area (Å²) in [4.78, 5) is 26.3. The molecule has 0 aliphatic rings. The van der Waals surface area contributed by atoms with E-state index in [1.54, 1.807) is 6.92 Å². The van der Waals surface area contributed by atoms with Crippen molar-refractivity contribution >= 4 is 28.2 Å². The van der Waals surface area contributed by atoms with E-state index >= 15 is 0 Å². The van der Waals surface area contributed by atoms with Gasteiger partial charge in [0.2, 0.25) is 5.91 Å². The van der Waals surface area contributed by atoms with Crippen LogP contribution in [0.5, 0.6) is 0 Å². The van der Waals surface area contributed by atoms with E-state index in [0.29, 0.717) is 15.7 Å². The van der Waals surface area contributed by atoms with Gasteiger partial charge in [0.05, 0.1) is 10.6 Å². The Labute approximate surface area is 96.5 Å². The molecule has 6 heteroatoms. The van der Waals surface area contributed by atoms with Crippen molar-refractivity contribution in [2.75, 3.05) is 5.32 Å². The highest BCUT2D eigenvalue weighted by atomic mass is 79.9. The van der Waals surface area contributed by atoms with Gasteiger partial charge in [-0.05, 0) is 6.92 Å². The van der Waals surface area contributed by atoms with E-state index in [9.17, 15) is 9.59 Å². The lowest BCUT2D eigenvalue weighted by atomic mass is 10.3. The number of amides is 1. The highest BCUT2D eigenvalue weighted by Crippen LogP contribution is 2.22. The van der Waals surface area contributed by atoms with Gasteiger partial charge >= 0.3 is 0 Å². The van der Waals surface area contributed by atoms with Gasteiger partial charge in [0.25, 0.3) is 0 Å². The molecule has 0 aliphatic heterocycles. The Bertz CT molecular complexity index is 362. The largest absolute Gasteiger partial charge is 1.00 e. The summed E-state index contributed by atoms with van der Waals surface area (Å²) >= 11 is 1.20. The van der Waals surface area contributed by atoms with Crippen LogP contribution in [-0.4, -0.2) is 16.7 Å². The fourth-order valence-electron chi connectivity index (χ4n) is 0.927. The number of ketones is 1. The zero-order chi connectivity index (χ0) is 10.0. The standard InChI is InChI=1S/C8H10N2O2S.BrH/c1-4-7(5(2)11)13-8(9-4)10-6(3)12;/h1-3H3,(H,9,10,12);1H/p-1. The molecule has 1 N–H and O–H groups in total. The third-order valence-electron chi connectivity index (χ3n) is 1.40. The monoisotopic (exact) mass is 277 g/mol. The molecule has 0 aromatic carbocycles. The third kappa shape index (κ3) is 3.19. The summed E-state index contributed by atoms with van der Waals surface area (Å²) in [6, 6.07) is 0. The Morgan fingerprint density at radius 3 is 2.29 bits per heavy atom. The molecule has 0 bridgehead atoms. The van der Waals surface area contributed by atoms with Crippen molar-refractivity contribution in [1.82, 2.24) is 4.98 Å².